The van der Waals surface area contributed by atoms with Crippen LogP contribution < -0.4 is 0 Å². The number of ether oxygens (including phenoxy) is 2. The van der Waals surface area contributed by atoms with Crippen molar-refractivity contribution in [1.82, 2.24) is 0 Å². The van der Waals surface area contributed by atoms with Crippen LogP contribution in [-0.2, 0) is 9.47 Å². The summed E-state index contributed by atoms with van der Waals surface area (Å²) in [6.07, 6.45) is 0.474. The summed E-state index contributed by atoms with van der Waals surface area (Å²) in [5.74, 6) is 1.19. The molecule has 1 rings (SSSR count). The average molecular weight is 214 g/mol. The van der Waals surface area contributed by atoms with Crippen molar-refractivity contribution in [2.24, 2.45) is 17.3 Å². The van der Waals surface area contributed by atoms with Gasteiger partial charge in [-0.3, -0.25) is 0 Å². The lowest BCUT2D eigenvalue weighted by Gasteiger charge is -2.43. The van der Waals surface area contributed by atoms with Gasteiger partial charge in [-0.05, 0) is 17.3 Å². The molecule has 1 heterocycles. The Morgan fingerprint density at radius 1 is 1.00 bits per heavy atom. The van der Waals surface area contributed by atoms with Crippen LogP contribution in [0.25, 0.3) is 0 Å². The molecule has 1 aliphatic heterocycles. The average Bonchev–Trinajstić information content (AvgIpc) is 2.15. The Labute approximate surface area is 94.3 Å². The highest BCUT2D eigenvalue weighted by atomic mass is 16.6. The first-order valence-corrected chi connectivity index (χ1v) is 6.07. The number of hydrogen-bond acceptors (Lipinski definition) is 2. The molecule has 2 nitrogen and oxygen atoms in total. The van der Waals surface area contributed by atoms with Gasteiger partial charge in [-0.15, -0.1) is 0 Å². The highest BCUT2D eigenvalue weighted by Crippen LogP contribution is 2.34. The van der Waals surface area contributed by atoms with Gasteiger partial charge in [0.05, 0.1) is 25.4 Å². The van der Waals surface area contributed by atoms with Crippen LogP contribution >= 0.6 is 0 Å². The fraction of sp³-hybridized carbons (Fsp3) is 1.00. The molecule has 0 radical (unpaired) electrons. The predicted molar refractivity (Wildman–Crippen MR) is 62.9 cm³/mol. The van der Waals surface area contributed by atoms with Gasteiger partial charge in [-0.1, -0.05) is 41.5 Å². The molecule has 0 aliphatic carbocycles. The molecule has 0 saturated carbocycles. The SMILES string of the molecule is CC(C)C(C)C1OCCOC1C(C)(C)C. The first kappa shape index (κ1) is 13.0. The van der Waals surface area contributed by atoms with Crippen molar-refractivity contribution in [3.63, 3.8) is 0 Å². The van der Waals surface area contributed by atoms with Crippen molar-refractivity contribution >= 4 is 0 Å². The van der Waals surface area contributed by atoms with Gasteiger partial charge in [0.1, 0.15) is 0 Å². The Kier molecular flexibility index (Phi) is 4.19. The summed E-state index contributed by atoms with van der Waals surface area (Å²) < 4.78 is 11.8. The molecule has 0 bridgehead atoms. The zero-order valence-corrected chi connectivity index (χ0v) is 11.0. The summed E-state index contributed by atoms with van der Waals surface area (Å²) in [6, 6.07) is 0. The van der Waals surface area contributed by atoms with Gasteiger partial charge >= 0.3 is 0 Å². The Morgan fingerprint density at radius 3 is 2.00 bits per heavy atom. The smallest absolute Gasteiger partial charge is 0.0888 e. The predicted octanol–water partition coefficient (Wildman–Crippen LogP) is 3.11. The fourth-order valence-corrected chi connectivity index (χ4v) is 2.09. The van der Waals surface area contributed by atoms with E-state index in [-0.39, 0.29) is 17.6 Å². The molecule has 0 aromatic rings. The molecule has 0 amide bonds. The van der Waals surface area contributed by atoms with Crippen molar-refractivity contribution in [3.05, 3.63) is 0 Å². The van der Waals surface area contributed by atoms with E-state index in [1.165, 1.54) is 0 Å². The van der Waals surface area contributed by atoms with Crippen LogP contribution in [0.15, 0.2) is 0 Å². The second-order valence-electron chi connectivity index (χ2n) is 6.10. The van der Waals surface area contributed by atoms with Gasteiger partial charge in [0, 0.05) is 0 Å². The zero-order valence-electron chi connectivity index (χ0n) is 11.0. The molecule has 2 heteroatoms. The molecule has 3 atom stereocenters. The van der Waals surface area contributed by atoms with E-state index >= 15 is 0 Å². The number of hydrogen-bond donors (Lipinski definition) is 0. The van der Waals surface area contributed by atoms with E-state index in [0.717, 1.165) is 13.2 Å². The minimum atomic E-state index is 0.161. The summed E-state index contributed by atoms with van der Waals surface area (Å²) in [5.41, 5.74) is 0.161. The molecule has 3 unspecified atom stereocenters. The Morgan fingerprint density at radius 2 is 1.53 bits per heavy atom. The van der Waals surface area contributed by atoms with Crippen molar-refractivity contribution < 1.29 is 9.47 Å². The normalized spacial score (nSPS) is 30.6. The van der Waals surface area contributed by atoms with E-state index in [2.05, 4.69) is 41.5 Å². The third-order valence-electron chi connectivity index (χ3n) is 3.41. The molecule has 0 N–H and O–H groups in total. The van der Waals surface area contributed by atoms with Gasteiger partial charge in [-0.25, -0.2) is 0 Å². The Bertz CT molecular complexity index is 193. The second kappa shape index (κ2) is 4.84. The molecular formula is C13H26O2. The lowest BCUT2D eigenvalue weighted by molar-refractivity contribution is -0.193. The standard InChI is InChI=1S/C13H26O2/c1-9(2)10(3)11-12(13(4,5)6)15-8-7-14-11/h9-12H,7-8H2,1-6H3. The summed E-state index contributed by atoms with van der Waals surface area (Å²) in [5, 5.41) is 0. The topological polar surface area (TPSA) is 18.5 Å². The molecule has 1 saturated heterocycles. The largest absolute Gasteiger partial charge is 0.373 e. The first-order chi connectivity index (χ1) is 6.84. The summed E-state index contributed by atoms with van der Waals surface area (Å²) in [4.78, 5) is 0. The van der Waals surface area contributed by atoms with Crippen LogP contribution in [0.2, 0.25) is 0 Å². The zero-order chi connectivity index (χ0) is 11.6. The van der Waals surface area contributed by atoms with Crippen molar-refractivity contribution in [3.8, 4) is 0 Å². The third kappa shape index (κ3) is 3.18. The van der Waals surface area contributed by atoms with Gasteiger partial charge in [0.2, 0.25) is 0 Å². The molecule has 0 aromatic carbocycles. The summed E-state index contributed by atoms with van der Waals surface area (Å²) in [7, 11) is 0. The molecular weight excluding hydrogens is 188 g/mol. The highest BCUT2D eigenvalue weighted by Gasteiger charge is 2.39. The monoisotopic (exact) mass is 214 g/mol. The van der Waals surface area contributed by atoms with E-state index in [1.807, 2.05) is 0 Å². The van der Waals surface area contributed by atoms with Crippen molar-refractivity contribution in [2.75, 3.05) is 13.2 Å². The van der Waals surface area contributed by atoms with Crippen LogP contribution in [0.4, 0.5) is 0 Å². The summed E-state index contributed by atoms with van der Waals surface area (Å²) >= 11 is 0. The Hall–Kier alpha value is -0.0800. The van der Waals surface area contributed by atoms with Gasteiger partial charge in [0.15, 0.2) is 0 Å². The van der Waals surface area contributed by atoms with Crippen LogP contribution in [0.1, 0.15) is 41.5 Å². The van der Waals surface area contributed by atoms with Gasteiger partial charge in [-0.2, -0.15) is 0 Å². The van der Waals surface area contributed by atoms with Crippen molar-refractivity contribution in [2.45, 2.75) is 53.8 Å². The number of rotatable bonds is 2. The molecule has 1 fully saturated rings. The first-order valence-electron chi connectivity index (χ1n) is 6.07. The van der Waals surface area contributed by atoms with Gasteiger partial charge in [0.25, 0.3) is 0 Å². The third-order valence-corrected chi connectivity index (χ3v) is 3.41. The summed E-state index contributed by atoms with van der Waals surface area (Å²) in [6.45, 7) is 14.9. The molecule has 0 aromatic heterocycles. The minimum Gasteiger partial charge on any atom is -0.373 e. The van der Waals surface area contributed by atoms with E-state index in [0.29, 0.717) is 11.8 Å². The molecule has 1 aliphatic rings. The molecule has 15 heavy (non-hydrogen) atoms. The van der Waals surface area contributed by atoms with E-state index in [1.54, 1.807) is 0 Å². The lowest BCUT2D eigenvalue weighted by Crippen LogP contribution is -2.50. The second-order valence-corrected chi connectivity index (χ2v) is 6.10. The highest BCUT2D eigenvalue weighted by molar-refractivity contribution is 4.88. The molecule has 0 spiro atoms. The van der Waals surface area contributed by atoms with E-state index in [9.17, 15) is 0 Å². The van der Waals surface area contributed by atoms with Crippen molar-refractivity contribution in [1.29, 1.82) is 0 Å². The quantitative estimate of drug-likeness (QED) is 0.703. The maximum absolute atomic E-state index is 5.92. The van der Waals surface area contributed by atoms with Crippen LogP contribution in [0, 0.1) is 17.3 Å². The van der Waals surface area contributed by atoms with Gasteiger partial charge < -0.3 is 9.47 Å². The Balaban J connectivity index is 2.74. The van der Waals surface area contributed by atoms with Crippen LogP contribution in [0.3, 0.4) is 0 Å². The van der Waals surface area contributed by atoms with Crippen LogP contribution in [-0.4, -0.2) is 25.4 Å². The van der Waals surface area contributed by atoms with E-state index in [4.69, 9.17) is 9.47 Å². The van der Waals surface area contributed by atoms with Crippen LogP contribution in [0.5, 0.6) is 0 Å². The maximum atomic E-state index is 5.92. The fourth-order valence-electron chi connectivity index (χ4n) is 2.09. The maximum Gasteiger partial charge on any atom is 0.0888 e. The van der Waals surface area contributed by atoms with E-state index < -0.39 is 0 Å². The molecule has 90 valence electrons. The minimum absolute atomic E-state index is 0.161. The lowest BCUT2D eigenvalue weighted by atomic mass is 9.78.